The normalized spacial score (nSPS) is 32.0. The Balaban J connectivity index is 2.36. The quantitative estimate of drug-likeness (QED) is 0.594. The molecule has 0 unspecified atom stereocenters. The van der Waals surface area contributed by atoms with Crippen molar-refractivity contribution in [1.29, 1.82) is 0 Å². The third-order valence-electron chi connectivity index (χ3n) is 3.29. The van der Waals surface area contributed by atoms with Gasteiger partial charge in [0, 0.05) is 5.33 Å². The van der Waals surface area contributed by atoms with Crippen LogP contribution in [0.15, 0.2) is 0 Å². The maximum Gasteiger partial charge on any atom is 0.00596 e. The van der Waals surface area contributed by atoms with E-state index in [9.17, 15) is 0 Å². The van der Waals surface area contributed by atoms with Crippen LogP contribution in [-0.4, -0.2) is 5.33 Å². The van der Waals surface area contributed by atoms with Gasteiger partial charge in [-0.05, 0) is 42.9 Å². The zero-order chi connectivity index (χ0) is 9.19. The Kier molecular flexibility index (Phi) is 3.63. The summed E-state index contributed by atoms with van der Waals surface area (Å²) in [5, 5.41) is 1.21. The first-order valence-electron chi connectivity index (χ1n) is 5.10. The highest BCUT2D eigenvalue weighted by molar-refractivity contribution is 9.09. The smallest absolute Gasteiger partial charge is 0.00596 e. The molecule has 12 heavy (non-hydrogen) atoms. The van der Waals surface area contributed by atoms with Crippen LogP contribution in [0.3, 0.4) is 0 Å². The molecule has 1 rings (SSSR count). The summed E-state index contributed by atoms with van der Waals surface area (Å²) in [4.78, 5) is 0. The Hall–Kier alpha value is 0.480. The van der Waals surface area contributed by atoms with Gasteiger partial charge in [-0.2, -0.15) is 0 Å². The van der Waals surface area contributed by atoms with E-state index in [0.717, 1.165) is 11.8 Å². The van der Waals surface area contributed by atoms with Crippen molar-refractivity contribution in [2.75, 3.05) is 5.33 Å². The van der Waals surface area contributed by atoms with Crippen LogP contribution in [0.1, 0.15) is 46.5 Å². The Morgan fingerprint density at radius 3 is 1.92 bits per heavy atom. The molecular formula is C11H21Br. The van der Waals surface area contributed by atoms with E-state index in [0.29, 0.717) is 5.41 Å². The molecule has 0 aromatic rings. The van der Waals surface area contributed by atoms with Crippen LogP contribution < -0.4 is 0 Å². The first-order chi connectivity index (χ1) is 5.54. The summed E-state index contributed by atoms with van der Waals surface area (Å²) >= 11 is 3.58. The fraction of sp³-hybridized carbons (Fsp3) is 1.00. The van der Waals surface area contributed by atoms with Gasteiger partial charge in [0.1, 0.15) is 0 Å². The summed E-state index contributed by atoms with van der Waals surface area (Å²) in [5.74, 6) is 1.93. The highest BCUT2D eigenvalue weighted by Crippen LogP contribution is 2.39. The standard InChI is InChI=1S/C11H21Br/c1-11(2,3)10-6-4-9(8-12)5-7-10/h9-10H,4-8H2,1-3H3/t9-,10-. The molecule has 0 spiro atoms. The maximum absolute atomic E-state index is 3.58. The first kappa shape index (κ1) is 10.6. The van der Waals surface area contributed by atoms with Crippen LogP contribution in [0.5, 0.6) is 0 Å². The molecule has 0 saturated heterocycles. The number of hydrogen-bond donors (Lipinski definition) is 0. The topological polar surface area (TPSA) is 0 Å². The second-order valence-electron chi connectivity index (χ2n) is 5.24. The van der Waals surface area contributed by atoms with Crippen LogP contribution in [-0.2, 0) is 0 Å². The molecule has 0 amide bonds. The average molecular weight is 233 g/mol. The number of alkyl halides is 1. The monoisotopic (exact) mass is 232 g/mol. The molecule has 1 aliphatic carbocycles. The van der Waals surface area contributed by atoms with Crippen molar-refractivity contribution in [1.82, 2.24) is 0 Å². The lowest BCUT2D eigenvalue weighted by molar-refractivity contribution is 0.157. The Labute approximate surface area is 85.3 Å². The molecule has 0 radical (unpaired) electrons. The van der Waals surface area contributed by atoms with E-state index in [1.54, 1.807) is 0 Å². The lowest BCUT2D eigenvalue weighted by atomic mass is 9.70. The summed E-state index contributed by atoms with van der Waals surface area (Å²) in [6, 6.07) is 0. The lowest BCUT2D eigenvalue weighted by Gasteiger charge is -2.36. The molecule has 0 atom stereocenters. The van der Waals surface area contributed by atoms with Crippen LogP contribution in [0, 0.1) is 17.3 Å². The van der Waals surface area contributed by atoms with Gasteiger partial charge in [-0.1, -0.05) is 36.7 Å². The molecule has 72 valence electrons. The molecule has 1 heteroatoms. The predicted molar refractivity (Wildman–Crippen MR) is 58.7 cm³/mol. The van der Waals surface area contributed by atoms with Gasteiger partial charge in [0.15, 0.2) is 0 Å². The van der Waals surface area contributed by atoms with Gasteiger partial charge >= 0.3 is 0 Å². The largest absolute Gasteiger partial charge is 0.0925 e. The van der Waals surface area contributed by atoms with Crippen molar-refractivity contribution in [3.8, 4) is 0 Å². The third kappa shape index (κ3) is 2.76. The molecule has 0 aromatic heterocycles. The van der Waals surface area contributed by atoms with E-state index >= 15 is 0 Å². The van der Waals surface area contributed by atoms with Gasteiger partial charge in [-0.25, -0.2) is 0 Å². The van der Waals surface area contributed by atoms with Crippen LogP contribution >= 0.6 is 15.9 Å². The van der Waals surface area contributed by atoms with Crippen LogP contribution in [0.2, 0.25) is 0 Å². The Bertz CT molecular complexity index is 126. The summed E-state index contributed by atoms with van der Waals surface area (Å²) in [6.07, 6.45) is 5.76. The van der Waals surface area contributed by atoms with Crippen LogP contribution in [0.4, 0.5) is 0 Å². The average Bonchev–Trinajstić information content (AvgIpc) is 2.03. The molecule has 0 nitrogen and oxygen atoms in total. The highest BCUT2D eigenvalue weighted by atomic mass is 79.9. The Morgan fingerprint density at radius 1 is 1.08 bits per heavy atom. The van der Waals surface area contributed by atoms with Gasteiger partial charge in [-0.3, -0.25) is 0 Å². The van der Waals surface area contributed by atoms with Gasteiger partial charge in [-0.15, -0.1) is 0 Å². The minimum Gasteiger partial charge on any atom is -0.0925 e. The minimum absolute atomic E-state index is 0.539. The highest BCUT2D eigenvalue weighted by Gasteiger charge is 2.28. The Morgan fingerprint density at radius 2 is 1.58 bits per heavy atom. The van der Waals surface area contributed by atoms with Crippen molar-refractivity contribution < 1.29 is 0 Å². The molecule has 1 saturated carbocycles. The van der Waals surface area contributed by atoms with E-state index in [2.05, 4.69) is 36.7 Å². The predicted octanol–water partition coefficient (Wildman–Crippen LogP) is 4.23. The molecule has 0 aliphatic heterocycles. The lowest BCUT2D eigenvalue weighted by Crippen LogP contribution is -2.26. The minimum atomic E-state index is 0.539. The summed E-state index contributed by atoms with van der Waals surface area (Å²) in [6.45, 7) is 7.14. The molecule has 1 fully saturated rings. The van der Waals surface area contributed by atoms with Gasteiger partial charge in [0.05, 0.1) is 0 Å². The third-order valence-corrected chi connectivity index (χ3v) is 4.21. The molecule has 0 N–H and O–H groups in total. The zero-order valence-corrected chi connectivity index (χ0v) is 10.2. The van der Waals surface area contributed by atoms with Crippen molar-refractivity contribution in [2.24, 2.45) is 17.3 Å². The second-order valence-corrected chi connectivity index (χ2v) is 5.89. The molecule has 0 bridgehead atoms. The zero-order valence-electron chi connectivity index (χ0n) is 8.57. The summed E-state index contributed by atoms with van der Waals surface area (Å²) in [7, 11) is 0. The molecule has 1 aliphatic rings. The van der Waals surface area contributed by atoms with Crippen molar-refractivity contribution >= 4 is 15.9 Å². The van der Waals surface area contributed by atoms with Crippen molar-refractivity contribution in [3.05, 3.63) is 0 Å². The molecule has 0 heterocycles. The van der Waals surface area contributed by atoms with E-state index in [4.69, 9.17) is 0 Å². The van der Waals surface area contributed by atoms with E-state index in [-0.39, 0.29) is 0 Å². The summed E-state index contributed by atoms with van der Waals surface area (Å²) in [5.41, 5.74) is 0.539. The van der Waals surface area contributed by atoms with E-state index < -0.39 is 0 Å². The molecular weight excluding hydrogens is 212 g/mol. The fourth-order valence-electron chi connectivity index (χ4n) is 2.18. The SMILES string of the molecule is CC(C)(C)[C@H]1CC[C@H](CBr)CC1. The van der Waals surface area contributed by atoms with Crippen molar-refractivity contribution in [3.63, 3.8) is 0 Å². The van der Waals surface area contributed by atoms with Gasteiger partial charge in [0.25, 0.3) is 0 Å². The van der Waals surface area contributed by atoms with Crippen molar-refractivity contribution in [2.45, 2.75) is 46.5 Å². The fourth-order valence-corrected chi connectivity index (χ4v) is 2.83. The van der Waals surface area contributed by atoms with E-state index in [1.807, 2.05) is 0 Å². The van der Waals surface area contributed by atoms with Gasteiger partial charge in [0.2, 0.25) is 0 Å². The number of hydrogen-bond acceptors (Lipinski definition) is 0. The second kappa shape index (κ2) is 4.13. The van der Waals surface area contributed by atoms with Crippen LogP contribution in [0.25, 0.3) is 0 Å². The number of halogens is 1. The molecule has 0 aromatic carbocycles. The summed E-state index contributed by atoms with van der Waals surface area (Å²) < 4.78 is 0. The number of rotatable bonds is 1. The first-order valence-corrected chi connectivity index (χ1v) is 6.22. The van der Waals surface area contributed by atoms with E-state index in [1.165, 1.54) is 31.0 Å². The van der Waals surface area contributed by atoms with Gasteiger partial charge < -0.3 is 0 Å². The maximum atomic E-state index is 3.58.